The molecule has 5 heteroatoms. The van der Waals surface area contributed by atoms with Gasteiger partial charge in [-0.15, -0.1) is 0 Å². The molecule has 0 spiro atoms. The van der Waals surface area contributed by atoms with Crippen molar-refractivity contribution in [2.75, 3.05) is 19.8 Å². The Labute approximate surface area is 165 Å². The van der Waals surface area contributed by atoms with Crippen molar-refractivity contribution in [1.29, 1.82) is 0 Å². The summed E-state index contributed by atoms with van der Waals surface area (Å²) < 4.78 is 10.7. The molecule has 148 valence electrons. The first-order valence-corrected chi connectivity index (χ1v) is 10.3. The number of esters is 1. The highest BCUT2D eigenvalue weighted by molar-refractivity contribution is 5.84. The average molecular weight is 381 g/mol. The highest BCUT2D eigenvalue weighted by Gasteiger charge is 2.35. The van der Waals surface area contributed by atoms with Crippen LogP contribution in [0.1, 0.15) is 38.5 Å². The largest absolute Gasteiger partial charge is 0.482 e. The Kier molecular flexibility index (Phi) is 5.79. The average Bonchev–Trinajstić information content (AvgIpc) is 2.75. The summed E-state index contributed by atoms with van der Waals surface area (Å²) in [5.41, 5.74) is 0. The lowest BCUT2D eigenvalue weighted by Gasteiger charge is -2.44. The number of benzene rings is 2. The van der Waals surface area contributed by atoms with Gasteiger partial charge in [0.25, 0.3) is 5.91 Å². The molecule has 1 heterocycles. The Morgan fingerprint density at radius 1 is 0.929 bits per heavy atom. The fourth-order valence-corrected chi connectivity index (χ4v) is 4.60. The first-order chi connectivity index (χ1) is 13.7. The number of likely N-dealkylation sites (tertiary alicyclic amines) is 1. The van der Waals surface area contributed by atoms with Crippen molar-refractivity contribution in [1.82, 2.24) is 4.90 Å². The molecule has 1 saturated carbocycles. The molecular formula is C23H27NO4. The molecule has 5 nitrogen and oxygen atoms in total. The van der Waals surface area contributed by atoms with Gasteiger partial charge < -0.3 is 14.4 Å². The summed E-state index contributed by atoms with van der Waals surface area (Å²) in [6, 6.07) is 14.0. The maximum Gasteiger partial charge on any atom is 0.344 e. The number of fused-ring (bicyclic) bond motifs is 2. The van der Waals surface area contributed by atoms with E-state index in [0.29, 0.717) is 17.7 Å². The summed E-state index contributed by atoms with van der Waals surface area (Å²) in [7, 11) is 0. The molecule has 1 aliphatic carbocycles. The third-order valence-corrected chi connectivity index (χ3v) is 6.00. The zero-order valence-electron chi connectivity index (χ0n) is 16.1. The molecule has 2 fully saturated rings. The second kappa shape index (κ2) is 8.63. The summed E-state index contributed by atoms with van der Waals surface area (Å²) in [4.78, 5) is 26.6. The number of nitrogens with zero attached hydrogens (tertiary/aromatic N) is 1. The lowest BCUT2D eigenvalue weighted by Crippen LogP contribution is -2.51. The van der Waals surface area contributed by atoms with Gasteiger partial charge in [-0.2, -0.15) is 0 Å². The van der Waals surface area contributed by atoms with Crippen molar-refractivity contribution in [3.05, 3.63) is 42.5 Å². The maximum atomic E-state index is 12.6. The van der Waals surface area contributed by atoms with Crippen molar-refractivity contribution in [2.24, 2.45) is 5.92 Å². The van der Waals surface area contributed by atoms with E-state index in [2.05, 4.69) is 0 Å². The van der Waals surface area contributed by atoms with Gasteiger partial charge in [0.2, 0.25) is 0 Å². The number of hydrogen-bond acceptors (Lipinski definition) is 4. The van der Waals surface area contributed by atoms with E-state index in [1.165, 1.54) is 25.7 Å². The van der Waals surface area contributed by atoms with Gasteiger partial charge >= 0.3 is 5.97 Å². The summed E-state index contributed by atoms with van der Waals surface area (Å²) in [5, 5.41) is 2.17. The number of rotatable bonds is 5. The third-order valence-electron chi connectivity index (χ3n) is 6.00. The third kappa shape index (κ3) is 4.29. The van der Waals surface area contributed by atoms with Gasteiger partial charge in [-0.25, -0.2) is 4.79 Å². The molecule has 1 aliphatic heterocycles. The van der Waals surface area contributed by atoms with Crippen LogP contribution in [-0.2, 0) is 14.3 Å². The van der Waals surface area contributed by atoms with Crippen LogP contribution >= 0.6 is 0 Å². The number of piperidine rings is 1. The predicted octanol–water partition coefficient (Wildman–Crippen LogP) is 3.94. The minimum absolute atomic E-state index is 0.0735. The van der Waals surface area contributed by atoms with E-state index < -0.39 is 5.97 Å². The smallest absolute Gasteiger partial charge is 0.344 e. The van der Waals surface area contributed by atoms with E-state index in [0.717, 1.165) is 30.2 Å². The molecule has 0 aromatic heterocycles. The molecule has 0 N–H and O–H groups in total. The van der Waals surface area contributed by atoms with Crippen LogP contribution in [0.5, 0.6) is 5.75 Å². The molecule has 4 rings (SSSR count). The van der Waals surface area contributed by atoms with Crippen LogP contribution in [0.3, 0.4) is 0 Å². The van der Waals surface area contributed by atoms with Crippen molar-refractivity contribution in [3.63, 3.8) is 0 Å². The Hall–Kier alpha value is -2.56. The second-order valence-corrected chi connectivity index (χ2v) is 7.80. The van der Waals surface area contributed by atoms with E-state index >= 15 is 0 Å². The van der Waals surface area contributed by atoms with Crippen LogP contribution in [0.2, 0.25) is 0 Å². The first kappa shape index (κ1) is 18.8. The van der Waals surface area contributed by atoms with Crippen molar-refractivity contribution in [3.8, 4) is 5.75 Å². The maximum absolute atomic E-state index is 12.6. The van der Waals surface area contributed by atoms with E-state index in [4.69, 9.17) is 9.47 Å². The number of carbonyl (C=O) groups is 2. The van der Waals surface area contributed by atoms with Crippen LogP contribution in [0.15, 0.2) is 42.5 Å². The number of hydrogen-bond donors (Lipinski definition) is 0. The Morgan fingerprint density at radius 3 is 2.61 bits per heavy atom. The van der Waals surface area contributed by atoms with Crippen LogP contribution < -0.4 is 4.74 Å². The minimum atomic E-state index is -0.515. The molecule has 28 heavy (non-hydrogen) atoms. The van der Waals surface area contributed by atoms with Crippen molar-refractivity contribution >= 4 is 22.6 Å². The van der Waals surface area contributed by atoms with Crippen LogP contribution in [0.4, 0.5) is 0 Å². The molecule has 0 unspecified atom stereocenters. The molecule has 2 aromatic carbocycles. The topological polar surface area (TPSA) is 55.8 Å². The quantitative estimate of drug-likeness (QED) is 0.736. The monoisotopic (exact) mass is 381 g/mol. The molecule has 0 bridgehead atoms. The Balaban J connectivity index is 1.26. The van der Waals surface area contributed by atoms with Crippen molar-refractivity contribution < 1.29 is 19.1 Å². The van der Waals surface area contributed by atoms with Gasteiger partial charge in [-0.3, -0.25) is 4.79 Å². The van der Waals surface area contributed by atoms with Crippen LogP contribution in [0.25, 0.3) is 10.8 Å². The second-order valence-electron chi connectivity index (χ2n) is 7.80. The van der Waals surface area contributed by atoms with E-state index in [1.54, 1.807) is 0 Å². The number of carbonyl (C=O) groups excluding carboxylic acids is 2. The normalized spacial score (nSPS) is 21.8. The minimum Gasteiger partial charge on any atom is -0.482 e. The van der Waals surface area contributed by atoms with Crippen LogP contribution in [0, 0.1) is 5.92 Å². The predicted molar refractivity (Wildman–Crippen MR) is 107 cm³/mol. The SMILES string of the molecule is O=C(COc1ccc2ccccc2c1)OCC(=O)N1CCC[C@H]2CCCC[C@H]21. The van der Waals surface area contributed by atoms with Gasteiger partial charge in [0.15, 0.2) is 13.2 Å². The van der Waals surface area contributed by atoms with Gasteiger partial charge in [0.1, 0.15) is 5.75 Å². The summed E-state index contributed by atoms with van der Waals surface area (Å²) in [5.74, 6) is 0.649. The molecule has 1 saturated heterocycles. The highest BCUT2D eigenvalue weighted by Crippen LogP contribution is 2.35. The highest BCUT2D eigenvalue weighted by atomic mass is 16.6. The molecule has 0 radical (unpaired) electrons. The standard InChI is InChI=1S/C23H27NO4/c25-22(24-13-5-9-18-7-3-4-10-21(18)24)15-28-23(26)16-27-20-12-11-17-6-1-2-8-19(17)14-20/h1-2,6,8,11-12,14,18,21H,3-5,7,9-10,13,15-16H2/t18-,21-/m1/s1. The summed E-state index contributed by atoms with van der Waals surface area (Å²) in [6.45, 7) is 0.395. The molecule has 2 aromatic rings. The van der Waals surface area contributed by atoms with E-state index in [9.17, 15) is 9.59 Å². The zero-order valence-corrected chi connectivity index (χ0v) is 16.1. The van der Waals surface area contributed by atoms with Gasteiger partial charge in [0, 0.05) is 12.6 Å². The lowest BCUT2D eigenvalue weighted by atomic mass is 9.78. The Bertz CT molecular complexity index is 847. The summed E-state index contributed by atoms with van der Waals surface area (Å²) >= 11 is 0. The van der Waals surface area contributed by atoms with Crippen LogP contribution in [-0.4, -0.2) is 42.6 Å². The van der Waals surface area contributed by atoms with E-state index in [-0.39, 0.29) is 19.1 Å². The van der Waals surface area contributed by atoms with Crippen molar-refractivity contribution in [2.45, 2.75) is 44.6 Å². The summed E-state index contributed by atoms with van der Waals surface area (Å²) in [6.07, 6.45) is 7.01. The fourth-order valence-electron chi connectivity index (χ4n) is 4.60. The van der Waals surface area contributed by atoms with Gasteiger partial charge in [-0.05, 0) is 54.5 Å². The zero-order chi connectivity index (χ0) is 19.3. The number of ether oxygens (including phenoxy) is 2. The molecule has 2 atom stereocenters. The van der Waals surface area contributed by atoms with E-state index in [1.807, 2.05) is 47.4 Å². The van der Waals surface area contributed by atoms with Gasteiger partial charge in [-0.1, -0.05) is 43.2 Å². The molecular weight excluding hydrogens is 354 g/mol. The lowest BCUT2D eigenvalue weighted by molar-refractivity contribution is -0.156. The molecule has 2 aliphatic rings. The number of amides is 1. The fraction of sp³-hybridized carbons (Fsp3) is 0.478. The van der Waals surface area contributed by atoms with Gasteiger partial charge in [0.05, 0.1) is 0 Å². The Morgan fingerprint density at radius 2 is 1.71 bits per heavy atom. The molecule has 1 amide bonds. The first-order valence-electron chi connectivity index (χ1n) is 10.3.